The van der Waals surface area contributed by atoms with E-state index in [1.807, 2.05) is 26.0 Å². The van der Waals surface area contributed by atoms with Gasteiger partial charge in [0.15, 0.2) is 0 Å². The molecular formula is C15H19N3O. The predicted octanol–water partition coefficient (Wildman–Crippen LogP) is 2.19. The minimum atomic E-state index is -0.337. The van der Waals surface area contributed by atoms with E-state index >= 15 is 0 Å². The van der Waals surface area contributed by atoms with Gasteiger partial charge in [0.2, 0.25) is 5.91 Å². The molecule has 1 atom stereocenters. The number of nitrogens with zero attached hydrogens (tertiary/aromatic N) is 1. The molecular weight excluding hydrogens is 238 g/mol. The standard InChI is InChI=1S/C15H19N3O/c1-3-15(7-8-17-10-15)14(19)18-13-6-4-5-11(2)12(13)9-16/h4-6,17H,3,7-8,10H2,1-2H3,(H,18,19). The largest absolute Gasteiger partial charge is 0.324 e. The van der Waals surface area contributed by atoms with Crippen molar-refractivity contribution in [2.45, 2.75) is 26.7 Å². The van der Waals surface area contributed by atoms with E-state index in [1.165, 1.54) is 0 Å². The maximum absolute atomic E-state index is 12.5. The molecule has 0 spiro atoms. The third-order valence-corrected chi connectivity index (χ3v) is 4.03. The van der Waals surface area contributed by atoms with Crippen molar-refractivity contribution in [1.82, 2.24) is 5.32 Å². The zero-order valence-electron chi connectivity index (χ0n) is 11.4. The number of hydrogen-bond donors (Lipinski definition) is 2. The number of aryl methyl sites for hydroxylation is 1. The van der Waals surface area contributed by atoms with Crippen molar-refractivity contribution in [2.75, 3.05) is 18.4 Å². The number of hydrogen-bond acceptors (Lipinski definition) is 3. The van der Waals surface area contributed by atoms with Gasteiger partial charge < -0.3 is 10.6 Å². The average molecular weight is 257 g/mol. The SMILES string of the molecule is CCC1(C(=O)Nc2cccc(C)c2C#N)CCNC1. The van der Waals surface area contributed by atoms with Crippen molar-refractivity contribution in [3.8, 4) is 6.07 Å². The van der Waals surface area contributed by atoms with E-state index in [1.54, 1.807) is 6.07 Å². The molecule has 1 aliphatic heterocycles. The van der Waals surface area contributed by atoms with Crippen LogP contribution in [0.5, 0.6) is 0 Å². The van der Waals surface area contributed by atoms with Crippen LogP contribution >= 0.6 is 0 Å². The summed E-state index contributed by atoms with van der Waals surface area (Å²) in [6.45, 7) is 5.50. The monoisotopic (exact) mass is 257 g/mol. The van der Waals surface area contributed by atoms with Crippen molar-refractivity contribution >= 4 is 11.6 Å². The summed E-state index contributed by atoms with van der Waals surface area (Å²) in [5.41, 5.74) is 1.71. The number of rotatable bonds is 3. The summed E-state index contributed by atoms with van der Waals surface area (Å²) in [5.74, 6) is 0.0158. The Bertz CT molecular complexity index is 525. The van der Waals surface area contributed by atoms with Crippen LogP contribution in [0.4, 0.5) is 5.69 Å². The van der Waals surface area contributed by atoms with Crippen molar-refractivity contribution in [1.29, 1.82) is 5.26 Å². The molecule has 1 heterocycles. The van der Waals surface area contributed by atoms with E-state index in [2.05, 4.69) is 16.7 Å². The Hall–Kier alpha value is -1.86. The molecule has 2 N–H and O–H groups in total. The van der Waals surface area contributed by atoms with Crippen LogP contribution in [0.25, 0.3) is 0 Å². The summed E-state index contributed by atoms with van der Waals surface area (Å²) in [7, 11) is 0. The molecule has 0 radical (unpaired) electrons. The first kappa shape index (κ1) is 13.6. The van der Waals surface area contributed by atoms with Crippen LogP contribution < -0.4 is 10.6 Å². The van der Waals surface area contributed by atoms with Gasteiger partial charge in [0.1, 0.15) is 6.07 Å². The maximum Gasteiger partial charge on any atom is 0.231 e. The zero-order chi connectivity index (χ0) is 13.9. The third-order valence-electron chi connectivity index (χ3n) is 4.03. The van der Waals surface area contributed by atoms with Crippen molar-refractivity contribution in [2.24, 2.45) is 5.41 Å². The molecule has 0 aliphatic carbocycles. The van der Waals surface area contributed by atoms with E-state index in [0.717, 1.165) is 24.9 Å². The molecule has 1 aromatic rings. The van der Waals surface area contributed by atoms with Crippen molar-refractivity contribution in [3.05, 3.63) is 29.3 Å². The molecule has 1 aromatic carbocycles. The molecule has 2 rings (SSSR count). The Morgan fingerprint density at radius 1 is 1.58 bits per heavy atom. The Morgan fingerprint density at radius 2 is 2.37 bits per heavy atom. The lowest BCUT2D eigenvalue weighted by molar-refractivity contribution is -0.124. The highest BCUT2D eigenvalue weighted by Crippen LogP contribution is 2.31. The highest BCUT2D eigenvalue weighted by atomic mass is 16.2. The summed E-state index contributed by atoms with van der Waals surface area (Å²) < 4.78 is 0. The number of anilines is 1. The second-order valence-corrected chi connectivity index (χ2v) is 5.12. The van der Waals surface area contributed by atoms with Gasteiger partial charge >= 0.3 is 0 Å². The van der Waals surface area contributed by atoms with E-state index in [0.29, 0.717) is 17.8 Å². The summed E-state index contributed by atoms with van der Waals surface area (Å²) in [6.07, 6.45) is 1.66. The molecule has 1 fully saturated rings. The Labute approximate surface area is 113 Å². The summed E-state index contributed by atoms with van der Waals surface area (Å²) in [5, 5.41) is 15.4. The molecule has 0 bridgehead atoms. The first-order valence-corrected chi connectivity index (χ1v) is 6.65. The van der Waals surface area contributed by atoms with Crippen molar-refractivity contribution < 1.29 is 4.79 Å². The number of carbonyl (C=O) groups excluding carboxylic acids is 1. The molecule has 1 amide bonds. The van der Waals surface area contributed by atoms with Crippen molar-refractivity contribution in [3.63, 3.8) is 0 Å². The molecule has 4 heteroatoms. The third kappa shape index (κ3) is 2.47. The van der Waals surface area contributed by atoms with E-state index in [9.17, 15) is 10.1 Å². The quantitative estimate of drug-likeness (QED) is 0.872. The van der Waals surface area contributed by atoms with E-state index in [4.69, 9.17) is 0 Å². The first-order chi connectivity index (χ1) is 9.13. The fourth-order valence-electron chi connectivity index (χ4n) is 2.58. The van der Waals surface area contributed by atoms with Crippen LogP contribution in [-0.4, -0.2) is 19.0 Å². The van der Waals surface area contributed by atoms with Gasteiger partial charge in [-0.05, 0) is 37.9 Å². The van der Waals surface area contributed by atoms with Crippen LogP contribution in [0.2, 0.25) is 0 Å². The number of benzene rings is 1. The van der Waals surface area contributed by atoms with Gasteiger partial charge in [-0.3, -0.25) is 4.79 Å². The number of amides is 1. The molecule has 4 nitrogen and oxygen atoms in total. The topological polar surface area (TPSA) is 64.9 Å². The van der Waals surface area contributed by atoms with Crippen LogP contribution in [0, 0.1) is 23.7 Å². The zero-order valence-corrected chi connectivity index (χ0v) is 11.4. The van der Waals surface area contributed by atoms with Crippen LogP contribution in [0.3, 0.4) is 0 Å². The molecule has 1 saturated heterocycles. The van der Waals surface area contributed by atoms with Gasteiger partial charge in [0, 0.05) is 6.54 Å². The lowest BCUT2D eigenvalue weighted by atomic mass is 9.83. The summed E-state index contributed by atoms with van der Waals surface area (Å²) in [6, 6.07) is 7.68. The van der Waals surface area contributed by atoms with E-state index in [-0.39, 0.29) is 11.3 Å². The molecule has 0 aromatic heterocycles. The molecule has 1 unspecified atom stereocenters. The van der Waals surface area contributed by atoms with Gasteiger partial charge in [-0.2, -0.15) is 5.26 Å². The Morgan fingerprint density at radius 3 is 2.95 bits per heavy atom. The highest BCUT2D eigenvalue weighted by molar-refractivity contribution is 5.97. The minimum Gasteiger partial charge on any atom is -0.324 e. The first-order valence-electron chi connectivity index (χ1n) is 6.65. The second-order valence-electron chi connectivity index (χ2n) is 5.12. The highest BCUT2D eigenvalue weighted by Gasteiger charge is 2.39. The van der Waals surface area contributed by atoms with Crippen LogP contribution in [-0.2, 0) is 4.79 Å². The van der Waals surface area contributed by atoms with Gasteiger partial charge in [-0.25, -0.2) is 0 Å². The average Bonchev–Trinajstić information content (AvgIpc) is 2.89. The lowest BCUT2D eigenvalue weighted by Gasteiger charge is -2.25. The van der Waals surface area contributed by atoms with Gasteiger partial charge in [0.25, 0.3) is 0 Å². The van der Waals surface area contributed by atoms with Crippen LogP contribution in [0.1, 0.15) is 30.9 Å². The molecule has 19 heavy (non-hydrogen) atoms. The number of nitrogens with one attached hydrogen (secondary N) is 2. The predicted molar refractivity (Wildman–Crippen MR) is 74.7 cm³/mol. The molecule has 0 saturated carbocycles. The maximum atomic E-state index is 12.5. The fraction of sp³-hybridized carbons (Fsp3) is 0.467. The Balaban J connectivity index is 2.24. The molecule has 1 aliphatic rings. The normalized spacial score (nSPS) is 21.9. The number of nitriles is 1. The van der Waals surface area contributed by atoms with Crippen LogP contribution in [0.15, 0.2) is 18.2 Å². The Kier molecular flexibility index (Phi) is 3.87. The second kappa shape index (κ2) is 5.41. The van der Waals surface area contributed by atoms with E-state index < -0.39 is 0 Å². The summed E-state index contributed by atoms with van der Waals surface area (Å²) in [4.78, 5) is 12.5. The smallest absolute Gasteiger partial charge is 0.231 e. The summed E-state index contributed by atoms with van der Waals surface area (Å²) >= 11 is 0. The molecule has 100 valence electrons. The lowest BCUT2D eigenvalue weighted by Crippen LogP contribution is -2.37. The van der Waals surface area contributed by atoms with Gasteiger partial charge in [-0.1, -0.05) is 19.1 Å². The number of carbonyl (C=O) groups is 1. The van der Waals surface area contributed by atoms with Gasteiger partial charge in [0.05, 0.1) is 16.7 Å². The fourth-order valence-corrected chi connectivity index (χ4v) is 2.58. The minimum absolute atomic E-state index is 0.0158. The van der Waals surface area contributed by atoms with Gasteiger partial charge in [-0.15, -0.1) is 0 Å².